The summed E-state index contributed by atoms with van der Waals surface area (Å²) in [4.78, 5) is 41.6. The fraction of sp³-hybridized carbons (Fsp3) is 0.435. The molecule has 0 spiro atoms. The average Bonchev–Trinajstić information content (AvgIpc) is 3.46. The summed E-state index contributed by atoms with van der Waals surface area (Å²) in [6.45, 7) is 3.83. The summed E-state index contributed by atoms with van der Waals surface area (Å²) in [5.41, 5.74) is -0.862. The van der Waals surface area contributed by atoms with Crippen LogP contribution in [0, 0.1) is 11.8 Å². The van der Waals surface area contributed by atoms with Crippen molar-refractivity contribution in [2.24, 2.45) is 11.8 Å². The summed E-state index contributed by atoms with van der Waals surface area (Å²) in [6, 6.07) is 9.56. The van der Waals surface area contributed by atoms with Crippen molar-refractivity contribution >= 4 is 23.5 Å². The van der Waals surface area contributed by atoms with Crippen LogP contribution in [0.4, 0.5) is 5.69 Å². The van der Waals surface area contributed by atoms with Gasteiger partial charge in [-0.3, -0.25) is 19.7 Å². The number of amides is 2. The largest absolute Gasteiger partial charge is 0.497 e. The van der Waals surface area contributed by atoms with Gasteiger partial charge in [-0.05, 0) is 49.7 Å². The number of ether oxygens (including phenoxy) is 2. The normalized spacial score (nSPS) is 27.5. The standard InChI is InChI=1S/C23H26N2O6/c1-4-12-23(22(28)30-5-2)18-17(19(24-23)16-7-6-13-31-16)20(26)25(21(18)27)14-8-10-15(29-3)11-9-14/h6-11,13,17-19,24H,4-5,12H2,1-3H3/t17-,18-,19-,23-/m0/s1. The lowest BCUT2D eigenvalue weighted by molar-refractivity contribution is -0.155. The molecule has 0 radical (unpaired) electrons. The van der Waals surface area contributed by atoms with Crippen LogP contribution in [-0.2, 0) is 19.1 Å². The van der Waals surface area contributed by atoms with Gasteiger partial charge in [0, 0.05) is 0 Å². The molecule has 4 atom stereocenters. The number of carbonyl (C=O) groups excluding carboxylic acids is 3. The summed E-state index contributed by atoms with van der Waals surface area (Å²) in [7, 11) is 1.55. The van der Waals surface area contributed by atoms with Gasteiger partial charge in [0.25, 0.3) is 0 Å². The molecular weight excluding hydrogens is 400 g/mol. The van der Waals surface area contributed by atoms with E-state index in [0.29, 0.717) is 30.0 Å². The zero-order valence-electron chi connectivity index (χ0n) is 17.8. The zero-order chi connectivity index (χ0) is 22.2. The molecule has 3 heterocycles. The lowest BCUT2D eigenvalue weighted by Gasteiger charge is -2.32. The molecule has 2 fully saturated rings. The lowest BCUT2D eigenvalue weighted by atomic mass is 9.77. The molecule has 2 aromatic rings. The fourth-order valence-corrected chi connectivity index (χ4v) is 4.87. The first-order chi connectivity index (χ1) is 15.0. The molecule has 2 aliphatic heterocycles. The summed E-state index contributed by atoms with van der Waals surface area (Å²) in [5.74, 6) is -1.84. The molecule has 164 valence electrons. The van der Waals surface area contributed by atoms with E-state index in [1.54, 1.807) is 50.4 Å². The Balaban J connectivity index is 1.81. The third kappa shape index (κ3) is 3.22. The molecule has 1 aromatic heterocycles. The monoisotopic (exact) mass is 426 g/mol. The third-order valence-corrected chi connectivity index (χ3v) is 6.12. The molecule has 2 saturated heterocycles. The molecule has 1 N–H and O–H groups in total. The zero-order valence-corrected chi connectivity index (χ0v) is 17.8. The molecular formula is C23H26N2O6. The van der Waals surface area contributed by atoms with E-state index in [9.17, 15) is 14.4 Å². The van der Waals surface area contributed by atoms with Crippen LogP contribution in [0.25, 0.3) is 0 Å². The van der Waals surface area contributed by atoms with Gasteiger partial charge < -0.3 is 13.9 Å². The number of hydrogen-bond acceptors (Lipinski definition) is 7. The van der Waals surface area contributed by atoms with E-state index in [1.807, 2.05) is 6.92 Å². The lowest BCUT2D eigenvalue weighted by Crippen LogP contribution is -2.56. The quantitative estimate of drug-likeness (QED) is 0.537. The number of benzene rings is 1. The Kier molecular flexibility index (Phi) is 5.58. The van der Waals surface area contributed by atoms with Gasteiger partial charge in [-0.2, -0.15) is 0 Å². The highest BCUT2D eigenvalue weighted by Crippen LogP contribution is 2.51. The molecule has 4 rings (SSSR count). The van der Waals surface area contributed by atoms with Crippen LogP contribution in [0.3, 0.4) is 0 Å². The maximum atomic E-state index is 13.7. The number of anilines is 1. The molecule has 0 saturated carbocycles. The summed E-state index contributed by atoms with van der Waals surface area (Å²) in [5, 5.41) is 3.29. The van der Waals surface area contributed by atoms with Crippen LogP contribution < -0.4 is 15.0 Å². The van der Waals surface area contributed by atoms with Crippen molar-refractivity contribution in [2.45, 2.75) is 38.3 Å². The maximum Gasteiger partial charge on any atom is 0.327 e. The highest BCUT2D eigenvalue weighted by molar-refractivity contribution is 6.24. The van der Waals surface area contributed by atoms with Crippen molar-refractivity contribution < 1.29 is 28.3 Å². The van der Waals surface area contributed by atoms with Gasteiger partial charge >= 0.3 is 5.97 Å². The van der Waals surface area contributed by atoms with Crippen molar-refractivity contribution in [1.82, 2.24) is 5.32 Å². The van der Waals surface area contributed by atoms with E-state index < -0.39 is 35.3 Å². The molecule has 8 nitrogen and oxygen atoms in total. The van der Waals surface area contributed by atoms with Gasteiger partial charge in [0.15, 0.2) is 0 Å². The van der Waals surface area contributed by atoms with Crippen LogP contribution >= 0.6 is 0 Å². The number of nitrogens with zero attached hydrogens (tertiary/aromatic N) is 1. The minimum atomic E-state index is -1.30. The molecule has 31 heavy (non-hydrogen) atoms. The van der Waals surface area contributed by atoms with E-state index >= 15 is 0 Å². The first kappa shape index (κ1) is 21.1. The Labute approximate surface area is 180 Å². The Morgan fingerprint density at radius 2 is 1.90 bits per heavy atom. The number of furan rings is 1. The van der Waals surface area contributed by atoms with E-state index in [-0.39, 0.29) is 12.5 Å². The molecule has 8 heteroatoms. The molecule has 0 bridgehead atoms. The second-order valence-electron chi connectivity index (χ2n) is 7.79. The minimum Gasteiger partial charge on any atom is -0.497 e. The van der Waals surface area contributed by atoms with Crippen LogP contribution in [0.2, 0.25) is 0 Å². The maximum absolute atomic E-state index is 13.7. The smallest absolute Gasteiger partial charge is 0.327 e. The number of imide groups is 1. The van der Waals surface area contributed by atoms with Gasteiger partial charge in [0.1, 0.15) is 17.0 Å². The topological polar surface area (TPSA) is 98.1 Å². The molecule has 0 unspecified atom stereocenters. The van der Waals surface area contributed by atoms with Gasteiger partial charge in [0.2, 0.25) is 11.8 Å². The van der Waals surface area contributed by atoms with Crippen molar-refractivity contribution in [3.05, 3.63) is 48.4 Å². The van der Waals surface area contributed by atoms with Crippen molar-refractivity contribution in [3.63, 3.8) is 0 Å². The van der Waals surface area contributed by atoms with Crippen LogP contribution in [0.1, 0.15) is 38.5 Å². The van der Waals surface area contributed by atoms with Gasteiger partial charge in [-0.25, -0.2) is 4.90 Å². The van der Waals surface area contributed by atoms with Crippen LogP contribution in [0.15, 0.2) is 47.1 Å². The predicted octanol–water partition coefficient (Wildman–Crippen LogP) is 2.84. The minimum absolute atomic E-state index is 0.180. The number of carbonyl (C=O) groups is 3. The number of hydrogen-bond donors (Lipinski definition) is 1. The highest BCUT2D eigenvalue weighted by Gasteiger charge is 2.69. The third-order valence-electron chi connectivity index (χ3n) is 6.12. The Bertz CT molecular complexity index is 970. The number of fused-ring (bicyclic) bond motifs is 1. The fourth-order valence-electron chi connectivity index (χ4n) is 4.87. The molecule has 0 aliphatic carbocycles. The van der Waals surface area contributed by atoms with Gasteiger partial charge in [-0.15, -0.1) is 0 Å². The van der Waals surface area contributed by atoms with Crippen LogP contribution in [-0.4, -0.2) is 37.0 Å². The van der Waals surface area contributed by atoms with Crippen molar-refractivity contribution in [1.29, 1.82) is 0 Å². The van der Waals surface area contributed by atoms with E-state index in [2.05, 4.69) is 5.32 Å². The van der Waals surface area contributed by atoms with Crippen LogP contribution in [0.5, 0.6) is 5.75 Å². The summed E-state index contributed by atoms with van der Waals surface area (Å²) >= 11 is 0. The van der Waals surface area contributed by atoms with Gasteiger partial charge in [0.05, 0.1) is 43.5 Å². The molecule has 2 aliphatic rings. The average molecular weight is 426 g/mol. The second-order valence-corrected chi connectivity index (χ2v) is 7.79. The van der Waals surface area contributed by atoms with Gasteiger partial charge in [-0.1, -0.05) is 13.3 Å². The summed E-state index contributed by atoms with van der Waals surface area (Å²) in [6.07, 6.45) is 2.50. The second kappa shape index (κ2) is 8.19. The highest BCUT2D eigenvalue weighted by atomic mass is 16.5. The van der Waals surface area contributed by atoms with Crippen molar-refractivity contribution in [2.75, 3.05) is 18.6 Å². The number of rotatable bonds is 7. The Morgan fingerprint density at radius 3 is 2.48 bits per heavy atom. The Morgan fingerprint density at radius 1 is 1.16 bits per heavy atom. The SMILES string of the molecule is CCC[C@]1(C(=O)OCC)N[C@@H](c2ccco2)[C@H]2C(=O)N(c3ccc(OC)cc3)C(=O)[C@H]21. The summed E-state index contributed by atoms with van der Waals surface area (Å²) < 4.78 is 16.1. The van der Waals surface area contributed by atoms with Crippen molar-refractivity contribution in [3.8, 4) is 5.75 Å². The first-order valence-electron chi connectivity index (χ1n) is 10.5. The molecule has 1 aromatic carbocycles. The van der Waals surface area contributed by atoms with E-state index in [4.69, 9.17) is 13.9 Å². The number of nitrogens with one attached hydrogen (secondary N) is 1. The van der Waals surface area contributed by atoms with E-state index in [0.717, 1.165) is 0 Å². The predicted molar refractivity (Wildman–Crippen MR) is 111 cm³/mol. The molecule has 2 amide bonds. The number of methoxy groups -OCH3 is 1. The number of esters is 1. The first-order valence-corrected chi connectivity index (χ1v) is 10.5. The van der Waals surface area contributed by atoms with E-state index in [1.165, 1.54) is 11.2 Å². The Hall–Kier alpha value is -3.13.